The molecule has 0 saturated heterocycles. The van der Waals surface area contributed by atoms with E-state index in [1.165, 1.54) is 36.0 Å². The van der Waals surface area contributed by atoms with Crippen molar-refractivity contribution in [3.8, 4) is 0 Å². The molecule has 0 fully saturated rings. The molecule has 0 aliphatic rings. The molecule has 1 unspecified atom stereocenters. The first-order valence-electron chi connectivity index (χ1n) is 4.82. The maximum absolute atomic E-state index is 10.5. The highest BCUT2D eigenvalue weighted by atomic mass is 32.2. The van der Waals surface area contributed by atoms with Gasteiger partial charge in [0.2, 0.25) is 0 Å². The van der Waals surface area contributed by atoms with E-state index in [1.54, 1.807) is 0 Å². The number of aliphatic hydroxyl groups excluding tert-OH is 1. The Labute approximate surface area is 104 Å². The average Bonchev–Trinajstić information content (AvgIpc) is 2.36. The van der Waals surface area contributed by atoms with Crippen LogP contribution in [-0.2, 0) is 0 Å². The summed E-state index contributed by atoms with van der Waals surface area (Å²) in [6.07, 6.45) is 0.964. The molecule has 90 valence electrons. The lowest BCUT2D eigenvalue weighted by Gasteiger charge is -2.14. The van der Waals surface area contributed by atoms with Crippen LogP contribution in [0.15, 0.2) is 47.9 Å². The highest BCUT2D eigenvalue weighted by Crippen LogP contribution is 2.30. The summed E-state index contributed by atoms with van der Waals surface area (Å²) in [5.41, 5.74) is 1.07. The Morgan fingerprint density at radius 1 is 1.41 bits per heavy atom. The van der Waals surface area contributed by atoms with Gasteiger partial charge in [-0.05, 0) is 29.5 Å². The average molecular weight is 251 g/mol. The molecule has 1 aromatic carbocycles. The topological polar surface area (TPSA) is 63.4 Å². The van der Waals surface area contributed by atoms with Gasteiger partial charge in [0.25, 0.3) is 5.69 Å². The monoisotopic (exact) mass is 251 g/mol. The number of nitro benzene ring substituents is 1. The summed E-state index contributed by atoms with van der Waals surface area (Å²) < 4.78 is 0. The Morgan fingerprint density at radius 3 is 2.35 bits per heavy atom. The summed E-state index contributed by atoms with van der Waals surface area (Å²) in [6, 6.07) is 5.74. The number of aliphatic hydroxyl groups is 1. The lowest BCUT2D eigenvalue weighted by molar-refractivity contribution is -0.384. The van der Waals surface area contributed by atoms with Gasteiger partial charge in [-0.25, -0.2) is 0 Å². The Hall–Kier alpha value is -1.59. The first-order valence-corrected chi connectivity index (χ1v) is 6.04. The molecule has 0 saturated carbocycles. The van der Waals surface area contributed by atoms with Crippen LogP contribution in [0, 0.1) is 10.1 Å². The van der Waals surface area contributed by atoms with E-state index in [0.29, 0.717) is 16.0 Å². The lowest BCUT2D eigenvalue weighted by atomic mass is 10.0. The van der Waals surface area contributed by atoms with E-state index in [-0.39, 0.29) is 5.69 Å². The maximum atomic E-state index is 10.5. The van der Waals surface area contributed by atoms with Crippen molar-refractivity contribution in [2.24, 2.45) is 0 Å². The third kappa shape index (κ3) is 3.18. The molecular weight excluding hydrogens is 238 g/mol. The fraction of sp³-hybridized carbons (Fsp3) is 0.167. The number of non-ortho nitro benzene ring substituents is 1. The second-order valence-corrected chi connectivity index (χ2v) is 4.30. The van der Waals surface area contributed by atoms with Crippen LogP contribution in [0.5, 0.6) is 0 Å². The number of thioether (sulfide) groups is 1. The minimum absolute atomic E-state index is 0.00439. The van der Waals surface area contributed by atoms with Gasteiger partial charge in [-0.15, -0.1) is 11.8 Å². The minimum Gasteiger partial charge on any atom is -0.384 e. The number of benzene rings is 1. The maximum Gasteiger partial charge on any atom is 0.269 e. The molecule has 4 nitrogen and oxygen atoms in total. The number of hydrogen-bond donors (Lipinski definition) is 1. The Kier molecular flexibility index (Phi) is 4.48. The summed E-state index contributed by atoms with van der Waals surface area (Å²) in [4.78, 5) is 10.7. The van der Waals surface area contributed by atoms with Crippen molar-refractivity contribution < 1.29 is 10.0 Å². The van der Waals surface area contributed by atoms with E-state index in [4.69, 9.17) is 0 Å². The van der Waals surface area contributed by atoms with Gasteiger partial charge in [-0.1, -0.05) is 13.2 Å². The first kappa shape index (κ1) is 13.5. The third-order valence-corrected chi connectivity index (χ3v) is 3.11. The molecule has 0 radical (unpaired) electrons. The predicted molar refractivity (Wildman–Crippen MR) is 69.9 cm³/mol. The van der Waals surface area contributed by atoms with Gasteiger partial charge >= 0.3 is 0 Å². The van der Waals surface area contributed by atoms with Gasteiger partial charge in [0.05, 0.1) is 4.92 Å². The normalized spacial score (nSPS) is 11.9. The molecule has 1 N–H and O–H groups in total. The predicted octanol–water partition coefficient (Wildman–Crippen LogP) is 3.06. The summed E-state index contributed by atoms with van der Waals surface area (Å²) >= 11 is 1.40. The van der Waals surface area contributed by atoms with E-state index in [1.807, 2.05) is 6.26 Å². The fourth-order valence-corrected chi connectivity index (χ4v) is 1.64. The molecule has 1 aromatic rings. The van der Waals surface area contributed by atoms with Crippen LogP contribution in [0.4, 0.5) is 5.69 Å². The zero-order valence-corrected chi connectivity index (χ0v) is 10.2. The molecule has 0 spiro atoms. The fourth-order valence-electron chi connectivity index (χ4n) is 1.26. The molecule has 0 heterocycles. The van der Waals surface area contributed by atoms with E-state index in [2.05, 4.69) is 13.2 Å². The number of nitro groups is 1. The Balaban J connectivity index is 2.90. The molecule has 5 heteroatoms. The quantitative estimate of drug-likeness (QED) is 0.496. The lowest BCUT2D eigenvalue weighted by Crippen LogP contribution is -2.01. The Bertz CT molecular complexity index is 453. The highest BCUT2D eigenvalue weighted by Gasteiger charge is 2.15. The van der Waals surface area contributed by atoms with Crippen molar-refractivity contribution in [1.82, 2.24) is 0 Å². The van der Waals surface area contributed by atoms with E-state index < -0.39 is 11.0 Å². The van der Waals surface area contributed by atoms with E-state index in [9.17, 15) is 15.2 Å². The molecule has 0 aliphatic heterocycles. The van der Waals surface area contributed by atoms with Crippen LogP contribution in [0.3, 0.4) is 0 Å². The van der Waals surface area contributed by atoms with Crippen LogP contribution in [-0.4, -0.2) is 16.3 Å². The van der Waals surface area contributed by atoms with Crippen molar-refractivity contribution in [1.29, 1.82) is 0 Å². The molecule has 1 atom stereocenters. The largest absolute Gasteiger partial charge is 0.384 e. The molecule has 0 amide bonds. The van der Waals surface area contributed by atoms with Crippen molar-refractivity contribution in [3.05, 3.63) is 63.6 Å². The van der Waals surface area contributed by atoms with Crippen LogP contribution in [0.25, 0.3) is 0 Å². The van der Waals surface area contributed by atoms with Crippen molar-refractivity contribution in [2.75, 3.05) is 6.26 Å². The Morgan fingerprint density at radius 2 is 1.94 bits per heavy atom. The highest BCUT2D eigenvalue weighted by molar-refractivity contribution is 8.02. The van der Waals surface area contributed by atoms with Crippen LogP contribution >= 0.6 is 11.8 Å². The third-order valence-electron chi connectivity index (χ3n) is 2.35. The van der Waals surface area contributed by atoms with Crippen molar-refractivity contribution in [2.45, 2.75) is 6.10 Å². The SMILES string of the molecule is C=C(SC)C(=C)C(O)c1ccc([N+](=O)[O-])cc1. The number of nitrogens with zero attached hydrogens (tertiary/aromatic N) is 1. The van der Waals surface area contributed by atoms with Crippen LogP contribution in [0.1, 0.15) is 11.7 Å². The van der Waals surface area contributed by atoms with E-state index in [0.717, 1.165) is 0 Å². The molecule has 0 bridgehead atoms. The van der Waals surface area contributed by atoms with Gasteiger partial charge in [-0.2, -0.15) is 0 Å². The molecule has 0 aromatic heterocycles. The summed E-state index contributed by atoms with van der Waals surface area (Å²) in [5, 5.41) is 20.5. The number of rotatable bonds is 5. The standard InChI is InChI=1S/C12H13NO3S/c1-8(9(2)17-3)12(14)10-4-6-11(7-5-10)13(15)16/h4-7,12,14H,1-2H2,3H3. The van der Waals surface area contributed by atoms with Gasteiger partial charge in [-0.3, -0.25) is 10.1 Å². The summed E-state index contributed by atoms with van der Waals surface area (Å²) in [6.45, 7) is 7.52. The smallest absolute Gasteiger partial charge is 0.269 e. The summed E-state index contributed by atoms with van der Waals surface area (Å²) in [7, 11) is 0. The molecule has 0 aliphatic carbocycles. The molecular formula is C12H13NO3S. The first-order chi connectivity index (χ1) is 7.97. The van der Waals surface area contributed by atoms with Crippen molar-refractivity contribution in [3.63, 3.8) is 0 Å². The zero-order chi connectivity index (χ0) is 13.0. The van der Waals surface area contributed by atoms with E-state index >= 15 is 0 Å². The van der Waals surface area contributed by atoms with Crippen molar-refractivity contribution >= 4 is 17.4 Å². The number of hydrogen-bond acceptors (Lipinski definition) is 4. The molecule has 17 heavy (non-hydrogen) atoms. The van der Waals surface area contributed by atoms with Gasteiger partial charge in [0, 0.05) is 17.0 Å². The van der Waals surface area contributed by atoms with Crippen LogP contribution in [0.2, 0.25) is 0 Å². The second kappa shape index (κ2) is 5.65. The van der Waals surface area contributed by atoms with Gasteiger partial charge in [0.15, 0.2) is 0 Å². The zero-order valence-electron chi connectivity index (χ0n) is 9.42. The van der Waals surface area contributed by atoms with Gasteiger partial charge in [0.1, 0.15) is 6.10 Å². The van der Waals surface area contributed by atoms with Crippen LogP contribution < -0.4 is 0 Å². The minimum atomic E-state index is -0.879. The summed E-state index contributed by atoms with van der Waals surface area (Å²) in [5.74, 6) is 0. The second-order valence-electron chi connectivity index (χ2n) is 3.40. The van der Waals surface area contributed by atoms with Gasteiger partial charge < -0.3 is 5.11 Å². The molecule has 1 rings (SSSR count).